The minimum Gasteiger partial charge on any atom is -0.0813 e. The van der Waals surface area contributed by atoms with E-state index in [1.807, 2.05) is 5.57 Å². The predicted molar refractivity (Wildman–Crippen MR) is 46.4 cm³/mol. The molecule has 0 nitrogen and oxygen atoms in total. The van der Waals surface area contributed by atoms with Crippen molar-refractivity contribution >= 4 is 0 Å². The van der Waals surface area contributed by atoms with Gasteiger partial charge in [0.15, 0.2) is 0 Å². The topological polar surface area (TPSA) is 0 Å². The zero-order chi connectivity index (χ0) is 7.45. The van der Waals surface area contributed by atoms with E-state index in [0.717, 1.165) is 11.8 Å². The zero-order valence-corrected chi connectivity index (χ0v) is 7.24. The van der Waals surface area contributed by atoms with Crippen molar-refractivity contribution in [2.45, 2.75) is 19.3 Å². The van der Waals surface area contributed by atoms with Crippen LogP contribution in [0.2, 0.25) is 0 Å². The lowest BCUT2D eigenvalue weighted by Gasteiger charge is -2.41. The van der Waals surface area contributed by atoms with E-state index < -0.39 is 0 Å². The van der Waals surface area contributed by atoms with Crippen LogP contribution in [0.25, 0.3) is 0 Å². The van der Waals surface area contributed by atoms with E-state index in [1.165, 1.54) is 36.0 Å². The average molecular weight is 158 g/mol. The number of fused-ring (bicyclic) bond motifs is 1. The van der Waals surface area contributed by atoms with Gasteiger partial charge in [-0.25, -0.2) is 0 Å². The van der Waals surface area contributed by atoms with E-state index in [4.69, 9.17) is 0 Å². The van der Waals surface area contributed by atoms with Gasteiger partial charge in [0.1, 0.15) is 0 Å². The first-order valence-electron chi connectivity index (χ1n) is 5.66. The smallest absolute Gasteiger partial charge is 0.0165 e. The Morgan fingerprint density at radius 1 is 1.08 bits per heavy atom. The van der Waals surface area contributed by atoms with Gasteiger partial charge in [-0.2, -0.15) is 0 Å². The summed E-state index contributed by atoms with van der Waals surface area (Å²) in [6.45, 7) is 0. The van der Waals surface area contributed by atoms with Crippen molar-refractivity contribution in [2.75, 3.05) is 0 Å². The van der Waals surface area contributed by atoms with Gasteiger partial charge in [0.2, 0.25) is 0 Å². The molecule has 0 heterocycles. The number of hydrogen-bond donors (Lipinski definition) is 0. The second-order valence-electron chi connectivity index (χ2n) is 5.76. The van der Waals surface area contributed by atoms with Gasteiger partial charge in [-0.05, 0) is 60.7 Å². The van der Waals surface area contributed by atoms with Gasteiger partial charge in [0.05, 0.1) is 0 Å². The second-order valence-corrected chi connectivity index (χ2v) is 5.76. The molecule has 0 aromatic rings. The maximum atomic E-state index is 2.72. The zero-order valence-electron chi connectivity index (χ0n) is 7.24. The Hall–Kier alpha value is -0.260. The molecule has 0 heteroatoms. The molecule has 5 fully saturated rings. The van der Waals surface area contributed by atoms with Crippen LogP contribution in [0.3, 0.4) is 0 Å². The van der Waals surface area contributed by atoms with Crippen LogP contribution in [0.15, 0.2) is 11.6 Å². The normalized spacial score (nSPS) is 73.3. The Kier molecular flexibility index (Phi) is 0.603. The van der Waals surface area contributed by atoms with E-state index in [2.05, 4.69) is 6.08 Å². The summed E-state index contributed by atoms with van der Waals surface area (Å²) in [7, 11) is 0. The van der Waals surface area contributed by atoms with Crippen molar-refractivity contribution in [3.63, 3.8) is 0 Å². The van der Waals surface area contributed by atoms with Gasteiger partial charge < -0.3 is 0 Å². The average Bonchev–Trinajstić information content (AvgIpc) is 2.37. The molecule has 0 spiro atoms. The summed E-state index contributed by atoms with van der Waals surface area (Å²) in [5.74, 6) is 8.25. The molecule has 0 amide bonds. The highest BCUT2D eigenvalue weighted by atomic mass is 14.8. The molecule has 0 aromatic heterocycles. The highest BCUT2D eigenvalue weighted by Crippen LogP contribution is 2.80. The van der Waals surface area contributed by atoms with Crippen LogP contribution >= 0.6 is 0 Å². The molecule has 7 unspecified atom stereocenters. The van der Waals surface area contributed by atoms with Gasteiger partial charge in [0.25, 0.3) is 0 Å². The standard InChI is InChI=1S/C12H14/c1-2-6-5(1)3-7-8-4-9-11(7)12(9)10(6)8/h3,6-12H,1-2,4H2. The van der Waals surface area contributed by atoms with E-state index in [1.54, 1.807) is 12.8 Å². The highest BCUT2D eigenvalue weighted by Gasteiger charge is 2.75. The van der Waals surface area contributed by atoms with Crippen LogP contribution in [-0.4, -0.2) is 0 Å². The Bertz CT molecular complexity index is 314. The van der Waals surface area contributed by atoms with Gasteiger partial charge in [0, 0.05) is 0 Å². The monoisotopic (exact) mass is 158 g/mol. The summed E-state index contributed by atoms with van der Waals surface area (Å²) in [5.41, 5.74) is 1.88. The van der Waals surface area contributed by atoms with Crippen LogP contribution in [0, 0.1) is 41.4 Å². The van der Waals surface area contributed by atoms with Gasteiger partial charge in [-0.1, -0.05) is 11.6 Å². The summed E-state index contributed by atoms with van der Waals surface area (Å²) in [5, 5.41) is 0. The van der Waals surface area contributed by atoms with Gasteiger partial charge in [-0.3, -0.25) is 0 Å². The maximum Gasteiger partial charge on any atom is -0.0165 e. The van der Waals surface area contributed by atoms with Crippen LogP contribution in [-0.2, 0) is 0 Å². The van der Waals surface area contributed by atoms with Crippen molar-refractivity contribution in [1.29, 1.82) is 0 Å². The van der Waals surface area contributed by atoms with Crippen LogP contribution in [0.4, 0.5) is 0 Å². The van der Waals surface area contributed by atoms with Crippen molar-refractivity contribution in [3.05, 3.63) is 11.6 Å². The third kappa shape index (κ3) is 0.341. The van der Waals surface area contributed by atoms with Crippen molar-refractivity contribution in [2.24, 2.45) is 41.4 Å². The molecular weight excluding hydrogens is 144 g/mol. The minimum absolute atomic E-state index is 1.09. The molecule has 5 saturated carbocycles. The fourth-order valence-electron chi connectivity index (χ4n) is 5.46. The van der Waals surface area contributed by atoms with E-state index in [0.29, 0.717) is 0 Å². The SMILES string of the molecule is C1=C2CCC2C2C3CC4C(C13)C42. The summed E-state index contributed by atoms with van der Waals surface area (Å²) in [6.07, 6.45) is 7.36. The molecule has 62 valence electrons. The molecular formula is C12H14. The lowest BCUT2D eigenvalue weighted by atomic mass is 9.63. The van der Waals surface area contributed by atoms with Crippen LogP contribution in [0.5, 0.6) is 0 Å². The Labute approximate surface area is 73.0 Å². The Morgan fingerprint density at radius 3 is 2.83 bits per heavy atom. The quantitative estimate of drug-likeness (QED) is 0.475. The molecule has 6 rings (SSSR count). The third-order valence-electron chi connectivity index (χ3n) is 5.81. The van der Waals surface area contributed by atoms with Crippen molar-refractivity contribution in [3.8, 4) is 0 Å². The summed E-state index contributed by atoms with van der Waals surface area (Å²) in [4.78, 5) is 0. The molecule has 6 aliphatic carbocycles. The first kappa shape index (κ1) is 5.47. The molecule has 6 bridgehead atoms. The lowest BCUT2D eigenvalue weighted by molar-refractivity contribution is 0.205. The van der Waals surface area contributed by atoms with E-state index in [9.17, 15) is 0 Å². The number of allylic oxidation sites excluding steroid dienone is 2. The molecule has 6 aliphatic rings. The van der Waals surface area contributed by atoms with Crippen LogP contribution in [0.1, 0.15) is 19.3 Å². The van der Waals surface area contributed by atoms with Gasteiger partial charge in [-0.15, -0.1) is 0 Å². The minimum atomic E-state index is 1.09. The largest absolute Gasteiger partial charge is 0.0813 e. The van der Waals surface area contributed by atoms with Crippen molar-refractivity contribution < 1.29 is 0 Å². The fourth-order valence-corrected chi connectivity index (χ4v) is 5.46. The Balaban J connectivity index is 1.79. The molecule has 0 saturated heterocycles. The van der Waals surface area contributed by atoms with Crippen LogP contribution < -0.4 is 0 Å². The molecule has 12 heavy (non-hydrogen) atoms. The van der Waals surface area contributed by atoms with E-state index >= 15 is 0 Å². The molecule has 0 radical (unpaired) electrons. The van der Waals surface area contributed by atoms with E-state index in [-0.39, 0.29) is 0 Å². The predicted octanol–water partition coefficient (Wildman–Crippen LogP) is 2.46. The number of hydrogen-bond acceptors (Lipinski definition) is 0. The van der Waals surface area contributed by atoms with Gasteiger partial charge >= 0.3 is 0 Å². The molecule has 0 aliphatic heterocycles. The summed E-state index contributed by atoms with van der Waals surface area (Å²) < 4.78 is 0. The molecule has 0 N–H and O–H groups in total. The Morgan fingerprint density at radius 2 is 2.08 bits per heavy atom. The maximum absolute atomic E-state index is 2.72. The highest BCUT2D eigenvalue weighted by molar-refractivity contribution is 5.36. The lowest BCUT2D eigenvalue weighted by Crippen LogP contribution is -2.32. The first-order chi connectivity index (χ1) is 5.95. The molecule has 7 atom stereocenters. The number of rotatable bonds is 0. The third-order valence-corrected chi connectivity index (χ3v) is 5.81. The molecule has 0 aromatic carbocycles. The second kappa shape index (κ2) is 1.32. The fraction of sp³-hybridized carbons (Fsp3) is 0.833. The summed E-state index contributed by atoms with van der Waals surface area (Å²) in [6, 6.07) is 0. The summed E-state index contributed by atoms with van der Waals surface area (Å²) >= 11 is 0. The van der Waals surface area contributed by atoms with Crippen molar-refractivity contribution in [1.82, 2.24) is 0 Å². The first-order valence-corrected chi connectivity index (χ1v) is 5.66.